The van der Waals surface area contributed by atoms with Crippen molar-refractivity contribution in [3.05, 3.63) is 24.3 Å². The normalized spacial score (nSPS) is 12.3. The van der Waals surface area contributed by atoms with Crippen LogP contribution >= 0.6 is 0 Å². The molecule has 54 heavy (non-hydrogen) atoms. The second kappa shape index (κ2) is 42.1. The minimum absolute atomic E-state index is 0.131. The molecule has 316 valence electrons. The first-order chi connectivity index (χ1) is 26.5. The molecule has 8 heteroatoms. The zero-order valence-corrected chi connectivity index (χ0v) is 35.5. The maximum atomic E-state index is 13.2. The van der Waals surface area contributed by atoms with Crippen LogP contribution in [0.15, 0.2) is 24.3 Å². The Morgan fingerprint density at radius 3 is 1.22 bits per heavy atom. The van der Waals surface area contributed by atoms with Crippen molar-refractivity contribution in [3.8, 4) is 0 Å². The van der Waals surface area contributed by atoms with E-state index in [1.165, 1.54) is 116 Å². The van der Waals surface area contributed by atoms with Crippen molar-refractivity contribution in [1.29, 1.82) is 0 Å². The van der Waals surface area contributed by atoms with Crippen LogP contribution in [0.1, 0.15) is 213 Å². The molecule has 0 aromatic heterocycles. The predicted molar refractivity (Wildman–Crippen MR) is 227 cm³/mol. The lowest BCUT2D eigenvalue weighted by Crippen LogP contribution is -3.17. The van der Waals surface area contributed by atoms with Crippen molar-refractivity contribution >= 4 is 17.8 Å². The number of carbonyl (C=O) groups is 3. The minimum atomic E-state index is -0.621. The molecule has 8 nitrogen and oxygen atoms in total. The molecule has 0 radical (unpaired) electrons. The standard InChI is InChI=1S/C46H87N3O5/c1-3-5-7-9-11-13-15-17-19-21-23-25-27-29-31-36-44(50)53-41-39-49(46(52)43(48)35-33-34-38-47)40-42-54-45(51)37-32-30-28-26-24-22-20-18-16-14-12-10-8-6-4-2/h17-20,43H,3-16,21-42,47-48H2,1-2H3/p+1/b19-17-,20-18-/t43-/m0/s1. The van der Waals surface area contributed by atoms with E-state index in [1.807, 2.05) is 0 Å². The first kappa shape index (κ1) is 52.0. The van der Waals surface area contributed by atoms with Gasteiger partial charge in [-0.2, -0.15) is 0 Å². The van der Waals surface area contributed by atoms with Crippen LogP contribution in [0, 0.1) is 0 Å². The minimum Gasteiger partial charge on any atom is -0.460 e. The number of nitrogens with one attached hydrogen (secondary N) is 1. The van der Waals surface area contributed by atoms with E-state index in [-0.39, 0.29) is 31.1 Å². The van der Waals surface area contributed by atoms with Gasteiger partial charge in [0.2, 0.25) is 0 Å². The van der Waals surface area contributed by atoms with Crippen molar-refractivity contribution in [2.75, 3.05) is 32.8 Å². The Morgan fingerprint density at radius 1 is 0.500 bits per heavy atom. The molecule has 5 N–H and O–H groups in total. The first-order valence-electron chi connectivity index (χ1n) is 22.9. The van der Waals surface area contributed by atoms with Crippen LogP contribution in [-0.2, 0) is 23.9 Å². The lowest BCUT2D eigenvalue weighted by molar-refractivity contribution is -0.822. The molecule has 0 aliphatic heterocycles. The number of unbranched alkanes of at least 4 members (excludes halogenated alkanes) is 23. The van der Waals surface area contributed by atoms with E-state index >= 15 is 0 Å². The molecule has 1 atom stereocenters. The largest absolute Gasteiger partial charge is 0.460 e. The highest BCUT2D eigenvalue weighted by Crippen LogP contribution is 2.12. The van der Waals surface area contributed by atoms with Crippen molar-refractivity contribution in [3.63, 3.8) is 0 Å². The summed E-state index contributed by atoms with van der Waals surface area (Å²) < 4.78 is 11.0. The Labute approximate surface area is 333 Å². The third-order valence-electron chi connectivity index (χ3n) is 10.3. The van der Waals surface area contributed by atoms with Crippen molar-refractivity contribution in [1.82, 2.24) is 0 Å². The molecule has 0 aliphatic carbocycles. The van der Waals surface area contributed by atoms with E-state index in [4.69, 9.17) is 20.9 Å². The Bertz CT molecular complexity index is 851. The summed E-state index contributed by atoms with van der Waals surface area (Å²) in [7, 11) is 0. The van der Waals surface area contributed by atoms with Gasteiger partial charge in [-0.05, 0) is 90.0 Å². The number of carbonyl (C=O) groups excluding carboxylic acids is 3. The van der Waals surface area contributed by atoms with Gasteiger partial charge in [0.05, 0.1) is 0 Å². The van der Waals surface area contributed by atoms with Gasteiger partial charge < -0.3 is 20.9 Å². The molecule has 0 saturated heterocycles. The van der Waals surface area contributed by atoms with Crippen LogP contribution in [0.2, 0.25) is 0 Å². The van der Waals surface area contributed by atoms with Gasteiger partial charge in [0.15, 0.2) is 0 Å². The second-order valence-corrected chi connectivity index (χ2v) is 15.5. The van der Waals surface area contributed by atoms with Gasteiger partial charge in [-0.25, -0.2) is 4.79 Å². The fraction of sp³-hybridized carbons (Fsp3) is 0.848. The molecule has 0 aromatic rings. The summed E-state index contributed by atoms with van der Waals surface area (Å²) in [6.07, 6.45) is 43.9. The summed E-state index contributed by atoms with van der Waals surface area (Å²) in [5, 5.41) is 0. The Kier molecular flexibility index (Phi) is 40.5. The van der Waals surface area contributed by atoms with Crippen LogP contribution in [0.4, 0.5) is 0 Å². The van der Waals surface area contributed by atoms with Crippen LogP contribution in [0.3, 0.4) is 0 Å². The number of nitrogens with two attached hydrogens (primary N) is 2. The highest BCUT2D eigenvalue weighted by Gasteiger charge is 2.26. The van der Waals surface area contributed by atoms with Crippen molar-refractivity contribution < 1.29 is 28.8 Å². The molecular weight excluding hydrogens is 675 g/mol. The predicted octanol–water partition coefficient (Wildman–Crippen LogP) is 10.0. The number of rotatable bonds is 41. The number of hydrogen-bond donors (Lipinski definition) is 3. The maximum Gasteiger partial charge on any atom is 0.329 e. The number of hydrogen-bond acceptors (Lipinski definition) is 7. The number of amides is 1. The summed E-state index contributed by atoms with van der Waals surface area (Å²) in [5.41, 5.74) is 11.8. The summed E-state index contributed by atoms with van der Waals surface area (Å²) in [6.45, 7) is 5.99. The highest BCUT2D eigenvalue weighted by atomic mass is 16.5. The van der Waals surface area contributed by atoms with Crippen molar-refractivity contribution in [2.24, 2.45) is 11.5 Å². The SMILES string of the molecule is CCCCCCCC/C=C\CCCCCCCC(=O)OCC[NH+](CCOC(=O)CCCCCCC/C=C\CCCCCCCC)C(=O)[C@@H](N)CCCCN. The molecule has 0 aromatic carbocycles. The number of esters is 2. The topological polar surface area (TPSA) is 126 Å². The monoisotopic (exact) mass is 763 g/mol. The second-order valence-electron chi connectivity index (χ2n) is 15.5. The third-order valence-corrected chi connectivity index (χ3v) is 10.3. The summed E-state index contributed by atoms with van der Waals surface area (Å²) in [4.78, 5) is 38.5. The molecule has 0 saturated carbocycles. The van der Waals surface area contributed by atoms with Gasteiger partial charge >= 0.3 is 17.8 Å². The molecule has 0 bridgehead atoms. The van der Waals surface area contributed by atoms with Crippen molar-refractivity contribution in [2.45, 2.75) is 219 Å². The summed E-state index contributed by atoms with van der Waals surface area (Å²) in [5.74, 6) is -0.579. The van der Waals surface area contributed by atoms with E-state index in [2.05, 4.69) is 38.2 Å². The lowest BCUT2D eigenvalue weighted by Gasteiger charge is -2.20. The Hall–Kier alpha value is -2.03. The van der Waals surface area contributed by atoms with E-state index in [9.17, 15) is 14.4 Å². The molecule has 1 amide bonds. The maximum absolute atomic E-state index is 13.2. The quantitative estimate of drug-likeness (QED) is 0.0322. The van der Waals surface area contributed by atoms with Crippen LogP contribution in [0.25, 0.3) is 0 Å². The van der Waals surface area contributed by atoms with Gasteiger partial charge in [0.1, 0.15) is 32.3 Å². The van der Waals surface area contributed by atoms with E-state index in [0.717, 1.165) is 64.2 Å². The van der Waals surface area contributed by atoms with Gasteiger partial charge in [0, 0.05) is 12.8 Å². The first-order valence-corrected chi connectivity index (χ1v) is 22.9. The van der Waals surface area contributed by atoms with Gasteiger partial charge in [-0.3, -0.25) is 14.5 Å². The van der Waals surface area contributed by atoms with Crippen LogP contribution in [0.5, 0.6) is 0 Å². The zero-order valence-electron chi connectivity index (χ0n) is 35.5. The molecule has 0 aliphatic rings. The molecule has 0 heterocycles. The highest BCUT2D eigenvalue weighted by molar-refractivity contribution is 5.73. The fourth-order valence-electron chi connectivity index (χ4n) is 6.67. The Morgan fingerprint density at radius 2 is 0.852 bits per heavy atom. The smallest absolute Gasteiger partial charge is 0.329 e. The van der Waals surface area contributed by atoms with E-state index in [1.54, 1.807) is 0 Å². The van der Waals surface area contributed by atoms with E-state index < -0.39 is 6.04 Å². The number of quaternary nitrogens is 1. The van der Waals surface area contributed by atoms with Crippen LogP contribution < -0.4 is 16.4 Å². The molecule has 0 unspecified atom stereocenters. The number of allylic oxidation sites excluding steroid dienone is 4. The van der Waals surface area contributed by atoms with E-state index in [0.29, 0.717) is 43.8 Å². The molecular formula is C46H88N3O5+. The van der Waals surface area contributed by atoms with Gasteiger partial charge in [-0.1, -0.05) is 141 Å². The van der Waals surface area contributed by atoms with Gasteiger partial charge in [0.25, 0.3) is 0 Å². The number of ether oxygens (including phenoxy) is 2. The summed E-state index contributed by atoms with van der Waals surface area (Å²) in [6, 6.07) is -0.621. The lowest BCUT2D eigenvalue weighted by atomic mass is 10.1. The molecule has 0 rings (SSSR count). The molecule has 0 spiro atoms. The Balaban J connectivity index is 4.16. The zero-order chi connectivity index (χ0) is 39.6. The third kappa shape index (κ3) is 36.9. The van der Waals surface area contributed by atoms with Gasteiger partial charge in [-0.15, -0.1) is 0 Å². The molecule has 0 fully saturated rings. The van der Waals surface area contributed by atoms with Crippen LogP contribution in [-0.4, -0.2) is 56.7 Å². The average Bonchev–Trinajstić information content (AvgIpc) is 3.17. The fourth-order valence-corrected chi connectivity index (χ4v) is 6.67. The summed E-state index contributed by atoms with van der Waals surface area (Å²) >= 11 is 0. The average molecular weight is 763 g/mol.